The molecule has 0 aromatic heterocycles. The Morgan fingerprint density at radius 1 is 1.00 bits per heavy atom. The maximum Gasteiger partial charge on any atom is 0.131 e. The number of phenolic OH excluding ortho intramolecular Hbond substituents is 1. The first-order chi connectivity index (χ1) is 10.5. The summed E-state index contributed by atoms with van der Waals surface area (Å²) in [7, 11) is 0. The molecule has 0 saturated carbocycles. The molecule has 0 heterocycles. The van der Waals surface area contributed by atoms with Gasteiger partial charge in [-0.25, -0.2) is 0 Å². The van der Waals surface area contributed by atoms with Crippen molar-refractivity contribution in [1.82, 2.24) is 0 Å². The number of aryl methyl sites for hydroxylation is 2. The lowest BCUT2D eigenvalue weighted by Gasteiger charge is -2.14. The largest absolute Gasteiger partial charge is 0.508 e. The summed E-state index contributed by atoms with van der Waals surface area (Å²) in [6.45, 7) is 3.34. The van der Waals surface area contributed by atoms with Crippen LogP contribution in [0.15, 0.2) is 36.4 Å². The summed E-state index contributed by atoms with van der Waals surface area (Å²) in [5.41, 5.74) is 1.67. The zero-order valence-corrected chi connectivity index (χ0v) is 12.6. The van der Waals surface area contributed by atoms with Gasteiger partial charge in [0.25, 0.3) is 0 Å². The second-order valence-corrected chi connectivity index (χ2v) is 5.13. The molecule has 5 heteroatoms. The third-order valence-corrected chi connectivity index (χ3v) is 3.22. The van der Waals surface area contributed by atoms with Crippen molar-refractivity contribution in [2.75, 3.05) is 13.2 Å². The fourth-order valence-electron chi connectivity index (χ4n) is 1.83. The molecule has 2 aromatic carbocycles. The van der Waals surface area contributed by atoms with E-state index in [1.165, 1.54) is 0 Å². The minimum Gasteiger partial charge on any atom is -0.508 e. The summed E-state index contributed by atoms with van der Waals surface area (Å²) in [6.07, 6.45) is -0.918. The summed E-state index contributed by atoms with van der Waals surface area (Å²) in [5.74, 6) is 1.82. The highest BCUT2D eigenvalue weighted by Gasteiger charge is 2.08. The fourth-order valence-corrected chi connectivity index (χ4v) is 1.83. The third-order valence-electron chi connectivity index (χ3n) is 3.22. The van der Waals surface area contributed by atoms with Crippen LogP contribution in [-0.2, 0) is 0 Å². The Hall–Kier alpha value is -2.24. The highest BCUT2D eigenvalue weighted by molar-refractivity contribution is 5.44. The molecule has 0 amide bonds. The first kappa shape index (κ1) is 16.1. The number of ether oxygens (including phenoxy) is 2. The molecule has 1 unspecified atom stereocenters. The van der Waals surface area contributed by atoms with Gasteiger partial charge in [-0.3, -0.25) is 0 Å². The van der Waals surface area contributed by atoms with Crippen LogP contribution in [0.1, 0.15) is 11.1 Å². The number of aromatic hydroxyl groups is 1. The first-order valence-corrected chi connectivity index (χ1v) is 6.99. The summed E-state index contributed by atoms with van der Waals surface area (Å²) in [4.78, 5) is 0. The van der Waals surface area contributed by atoms with Gasteiger partial charge in [-0.15, -0.1) is 0 Å². The van der Waals surface area contributed by atoms with Crippen LogP contribution in [-0.4, -0.2) is 34.6 Å². The number of aliphatic hydroxyl groups is 2. The van der Waals surface area contributed by atoms with Crippen LogP contribution in [0.25, 0.3) is 0 Å². The summed E-state index contributed by atoms with van der Waals surface area (Å²) in [5, 5.41) is 27.8. The van der Waals surface area contributed by atoms with E-state index < -0.39 is 6.10 Å². The molecule has 3 N–H and O–H groups in total. The first-order valence-electron chi connectivity index (χ1n) is 6.99. The third kappa shape index (κ3) is 4.13. The van der Waals surface area contributed by atoms with E-state index in [0.717, 1.165) is 11.1 Å². The van der Waals surface area contributed by atoms with Crippen LogP contribution in [0.3, 0.4) is 0 Å². The number of benzene rings is 2. The summed E-state index contributed by atoms with van der Waals surface area (Å²) in [6, 6.07) is 10.4. The van der Waals surface area contributed by atoms with Gasteiger partial charge in [-0.1, -0.05) is 12.1 Å². The quantitative estimate of drug-likeness (QED) is 0.764. The number of aliphatic hydroxyl groups excluding tert-OH is 2. The average Bonchev–Trinajstić information content (AvgIpc) is 2.51. The average molecular weight is 304 g/mol. The Morgan fingerprint density at radius 2 is 1.64 bits per heavy atom. The van der Waals surface area contributed by atoms with Crippen molar-refractivity contribution in [3.8, 4) is 23.0 Å². The van der Waals surface area contributed by atoms with Crippen molar-refractivity contribution in [3.05, 3.63) is 47.5 Å². The van der Waals surface area contributed by atoms with E-state index in [1.54, 1.807) is 30.3 Å². The molecule has 2 rings (SSSR count). The molecule has 0 aliphatic carbocycles. The molecule has 1 atom stereocenters. The van der Waals surface area contributed by atoms with Crippen LogP contribution in [0, 0.1) is 13.8 Å². The molecule has 0 saturated heterocycles. The van der Waals surface area contributed by atoms with Crippen molar-refractivity contribution < 1.29 is 24.8 Å². The second-order valence-electron chi connectivity index (χ2n) is 5.13. The van der Waals surface area contributed by atoms with Crippen molar-refractivity contribution >= 4 is 0 Å². The molecule has 0 aliphatic rings. The zero-order chi connectivity index (χ0) is 16.1. The van der Waals surface area contributed by atoms with Gasteiger partial charge < -0.3 is 24.8 Å². The molecule has 0 aliphatic heterocycles. The van der Waals surface area contributed by atoms with E-state index in [2.05, 4.69) is 0 Å². The maximum absolute atomic E-state index is 9.69. The predicted molar refractivity (Wildman–Crippen MR) is 82.7 cm³/mol. The molecular weight excluding hydrogens is 284 g/mol. The molecule has 22 heavy (non-hydrogen) atoms. The van der Waals surface area contributed by atoms with Crippen molar-refractivity contribution in [3.63, 3.8) is 0 Å². The van der Waals surface area contributed by atoms with Gasteiger partial charge in [0.15, 0.2) is 0 Å². The Balaban J connectivity index is 2.12. The Labute approximate surface area is 129 Å². The van der Waals surface area contributed by atoms with Gasteiger partial charge in [0.05, 0.1) is 6.61 Å². The summed E-state index contributed by atoms with van der Waals surface area (Å²) < 4.78 is 11.2. The zero-order valence-electron chi connectivity index (χ0n) is 12.6. The minimum atomic E-state index is -0.918. The Bertz CT molecular complexity index is 639. The Kier molecular flexibility index (Phi) is 5.25. The van der Waals surface area contributed by atoms with Crippen molar-refractivity contribution in [2.24, 2.45) is 0 Å². The van der Waals surface area contributed by atoms with Gasteiger partial charge in [0.2, 0.25) is 0 Å². The van der Waals surface area contributed by atoms with Crippen LogP contribution in [0.2, 0.25) is 0 Å². The van der Waals surface area contributed by atoms with E-state index in [-0.39, 0.29) is 19.0 Å². The lowest BCUT2D eigenvalue weighted by molar-refractivity contribution is 0.0533. The van der Waals surface area contributed by atoms with Gasteiger partial charge in [-0.05, 0) is 37.1 Å². The van der Waals surface area contributed by atoms with Crippen LogP contribution < -0.4 is 9.47 Å². The van der Waals surface area contributed by atoms with Crippen LogP contribution >= 0.6 is 0 Å². The van der Waals surface area contributed by atoms with Gasteiger partial charge in [-0.2, -0.15) is 0 Å². The number of hydrogen-bond acceptors (Lipinski definition) is 5. The van der Waals surface area contributed by atoms with Crippen LogP contribution in [0.5, 0.6) is 23.0 Å². The predicted octanol–water partition coefficient (Wildman–Crippen LogP) is 2.53. The summed E-state index contributed by atoms with van der Waals surface area (Å²) >= 11 is 0. The molecule has 0 bridgehead atoms. The second kappa shape index (κ2) is 7.15. The van der Waals surface area contributed by atoms with Crippen molar-refractivity contribution in [1.29, 1.82) is 0 Å². The van der Waals surface area contributed by atoms with E-state index in [9.17, 15) is 10.2 Å². The smallest absolute Gasteiger partial charge is 0.131 e. The molecule has 2 aromatic rings. The number of rotatable bonds is 6. The monoisotopic (exact) mass is 304 g/mol. The fraction of sp³-hybridized carbons (Fsp3) is 0.294. The van der Waals surface area contributed by atoms with Crippen LogP contribution in [0.4, 0.5) is 0 Å². The number of hydrogen-bond donors (Lipinski definition) is 3. The van der Waals surface area contributed by atoms with E-state index in [1.807, 2.05) is 19.9 Å². The highest BCUT2D eigenvalue weighted by atomic mass is 16.5. The molecular formula is C17H20O5. The topological polar surface area (TPSA) is 79.2 Å². The lowest BCUT2D eigenvalue weighted by Crippen LogP contribution is -2.21. The Morgan fingerprint density at radius 3 is 2.27 bits per heavy atom. The van der Waals surface area contributed by atoms with E-state index >= 15 is 0 Å². The molecule has 5 nitrogen and oxygen atoms in total. The number of phenols is 1. The minimum absolute atomic E-state index is 0.00606. The van der Waals surface area contributed by atoms with E-state index in [0.29, 0.717) is 17.2 Å². The highest BCUT2D eigenvalue weighted by Crippen LogP contribution is 2.30. The molecule has 118 valence electrons. The van der Waals surface area contributed by atoms with Gasteiger partial charge >= 0.3 is 0 Å². The van der Waals surface area contributed by atoms with Crippen molar-refractivity contribution in [2.45, 2.75) is 20.0 Å². The normalized spacial score (nSPS) is 12.0. The van der Waals surface area contributed by atoms with Gasteiger partial charge in [0.1, 0.15) is 35.7 Å². The van der Waals surface area contributed by atoms with E-state index in [4.69, 9.17) is 14.6 Å². The SMILES string of the molecule is Cc1ccc(Oc2ccc(C)c(OCC(O)CO)c2)cc1O. The molecule has 0 radical (unpaired) electrons. The lowest BCUT2D eigenvalue weighted by atomic mass is 10.2. The molecule has 0 spiro atoms. The van der Waals surface area contributed by atoms with Gasteiger partial charge in [0, 0.05) is 12.1 Å². The standard InChI is InChI=1S/C17H20O5/c1-11-3-5-14(7-16(11)20)22-15-6-4-12(2)17(8-15)21-10-13(19)9-18/h3-8,13,18-20H,9-10H2,1-2H3. The maximum atomic E-state index is 9.69. The molecule has 0 fully saturated rings.